The van der Waals surface area contributed by atoms with Gasteiger partial charge in [0.25, 0.3) is 0 Å². The standard InChI is InChI=1S/C13H14F6N2O2.2ClH/c14-12(15,16)11(21-5-3-20-4-6-21)9-7-8(1-2-10(9)22)23-13(17,18)19;;/h1-2,7,11,20,22H,3-6H2;2*1H/t11-;;/m0../s1. The Bertz CT molecular complexity index is 550. The van der Waals surface area contributed by atoms with Crippen molar-refractivity contribution in [3.63, 3.8) is 0 Å². The maximum absolute atomic E-state index is 13.4. The molecule has 1 heterocycles. The van der Waals surface area contributed by atoms with Crippen LogP contribution in [0, 0.1) is 0 Å². The van der Waals surface area contributed by atoms with E-state index in [1.807, 2.05) is 0 Å². The number of ether oxygens (including phenoxy) is 1. The third kappa shape index (κ3) is 6.61. The normalized spacial score (nSPS) is 17.2. The lowest BCUT2D eigenvalue weighted by Crippen LogP contribution is -2.49. The molecular formula is C13H16Cl2F6N2O2. The van der Waals surface area contributed by atoms with Gasteiger partial charge in [-0.05, 0) is 18.2 Å². The van der Waals surface area contributed by atoms with Crippen LogP contribution in [0.1, 0.15) is 11.6 Å². The van der Waals surface area contributed by atoms with Gasteiger partial charge in [0.1, 0.15) is 17.5 Å². The molecule has 0 radical (unpaired) electrons. The highest BCUT2D eigenvalue weighted by Crippen LogP contribution is 2.43. The summed E-state index contributed by atoms with van der Waals surface area (Å²) in [5, 5.41) is 12.6. The summed E-state index contributed by atoms with van der Waals surface area (Å²) >= 11 is 0. The third-order valence-corrected chi connectivity index (χ3v) is 3.35. The van der Waals surface area contributed by atoms with Crippen LogP contribution in [-0.4, -0.2) is 48.7 Å². The second-order valence-electron chi connectivity index (χ2n) is 5.00. The van der Waals surface area contributed by atoms with Gasteiger partial charge in [0.05, 0.1) is 0 Å². The summed E-state index contributed by atoms with van der Waals surface area (Å²) in [6.45, 7) is 0.722. The number of nitrogens with zero attached hydrogens (tertiary/aromatic N) is 1. The average molecular weight is 417 g/mol. The summed E-state index contributed by atoms with van der Waals surface area (Å²) in [4.78, 5) is 1.06. The SMILES string of the molecule is Cl.Cl.Oc1ccc(OC(F)(F)F)cc1[C@H](N1CCNCC1)C(F)(F)F. The first kappa shape index (κ1) is 23.9. The van der Waals surface area contributed by atoms with E-state index in [1.165, 1.54) is 0 Å². The number of alkyl halides is 6. The molecule has 1 aliphatic heterocycles. The summed E-state index contributed by atoms with van der Waals surface area (Å²) in [5.74, 6) is -1.55. The molecular weight excluding hydrogens is 401 g/mol. The van der Waals surface area contributed by atoms with Gasteiger partial charge in [-0.3, -0.25) is 4.90 Å². The molecule has 1 aromatic carbocycles. The van der Waals surface area contributed by atoms with Crippen molar-refractivity contribution < 1.29 is 36.2 Å². The van der Waals surface area contributed by atoms with Gasteiger partial charge < -0.3 is 15.2 Å². The topological polar surface area (TPSA) is 44.7 Å². The van der Waals surface area contributed by atoms with Gasteiger partial charge in [-0.15, -0.1) is 38.0 Å². The minimum Gasteiger partial charge on any atom is -0.508 e. The van der Waals surface area contributed by atoms with Crippen LogP contribution >= 0.6 is 24.8 Å². The van der Waals surface area contributed by atoms with Crippen LogP contribution in [0.5, 0.6) is 11.5 Å². The summed E-state index contributed by atoms with van der Waals surface area (Å²) in [6.07, 6.45) is -9.79. The zero-order valence-corrected chi connectivity index (χ0v) is 14.2. The maximum atomic E-state index is 13.4. The molecule has 2 rings (SSSR count). The van der Waals surface area contributed by atoms with Crippen LogP contribution in [0.25, 0.3) is 0 Å². The van der Waals surface area contributed by atoms with Crippen molar-refractivity contribution in [1.29, 1.82) is 0 Å². The fourth-order valence-corrected chi connectivity index (χ4v) is 2.47. The zero-order valence-electron chi connectivity index (χ0n) is 12.5. The molecule has 1 aromatic rings. The van der Waals surface area contributed by atoms with Crippen molar-refractivity contribution in [3.05, 3.63) is 23.8 Å². The molecule has 0 bridgehead atoms. The number of phenolic OH excluding ortho intramolecular Hbond substituents is 1. The predicted octanol–water partition coefficient (Wildman–Crippen LogP) is 3.64. The second kappa shape index (κ2) is 9.02. The van der Waals surface area contributed by atoms with Gasteiger partial charge in [-0.2, -0.15) is 13.2 Å². The number of rotatable bonds is 3. The summed E-state index contributed by atoms with van der Waals surface area (Å²) in [5.41, 5.74) is -0.666. The molecule has 0 aromatic heterocycles. The van der Waals surface area contributed by atoms with E-state index in [-0.39, 0.29) is 37.9 Å². The van der Waals surface area contributed by atoms with Crippen LogP contribution in [-0.2, 0) is 0 Å². The zero-order chi connectivity index (χ0) is 17.3. The number of hydrogen-bond donors (Lipinski definition) is 2. The molecule has 4 nitrogen and oxygen atoms in total. The number of piperazine rings is 1. The predicted molar refractivity (Wildman–Crippen MR) is 82.5 cm³/mol. The van der Waals surface area contributed by atoms with E-state index in [9.17, 15) is 31.4 Å². The Morgan fingerprint density at radius 3 is 2.08 bits per heavy atom. The maximum Gasteiger partial charge on any atom is 0.573 e. The van der Waals surface area contributed by atoms with E-state index >= 15 is 0 Å². The first-order valence-electron chi connectivity index (χ1n) is 6.68. The Morgan fingerprint density at radius 1 is 1.04 bits per heavy atom. The monoisotopic (exact) mass is 416 g/mol. The van der Waals surface area contributed by atoms with E-state index in [0.717, 1.165) is 17.0 Å². The van der Waals surface area contributed by atoms with E-state index in [1.54, 1.807) is 0 Å². The smallest absolute Gasteiger partial charge is 0.508 e. The van der Waals surface area contributed by atoms with Gasteiger partial charge in [0.2, 0.25) is 0 Å². The van der Waals surface area contributed by atoms with Crippen LogP contribution in [0.2, 0.25) is 0 Å². The quantitative estimate of drug-likeness (QED) is 0.738. The lowest BCUT2D eigenvalue weighted by molar-refractivity contribution is -0.274. The molecule has 25 heavy (non-hydrogen) atoms. The number of aromatic hydroxyl groups is 1. The highest BCUT2D eigenvalue weighted by Gasteiger charge is 2.46. The van der Waals surface area contributed by atoms with Gasteiger partial charge in [0, 0.05) is 31.7 Å². The molecule has 12 heteroatoms. The van der Waals surface area contributed by atoms with Crippen molar-refractivity contribution in [2.75, 3.05) is 26.2 Å². The Kier molecular flexibility index (Phi) is 8.62. The minimum atomic E-state index is -5.03. The van der Waals surface area contributed by atoms with E-state index in [4.69, 9.17) is 0 Å². The lowest BCUT2D eigenvalue weighted by atomic mass is 10.0. The van der Waals surface area contributed by atoms with E-state index in [2.05, 4.69) is 10.1 Å². The second-order valence-corrected chi connectivity index (χ2v) is 5.00. The molecule has 0 saturated carbocycles. The number of phenols is 1. The summed E-state index contributed by atoms with van der Waals surface area (Å²) in [7, 11) is 0. The molecule has 1 fully saturated rings. The molecule has 1 atom stereocenters. The average Bonchev–Trinajstić information content (AvgIpc) is 2.41. The number of hydrogen-bond acceptors (Lipinski definition) is 4. The number of nitrogens with one attached hydrogen (secondary N) is 1. The first-order valence-corrected chi connectivity index (χ1v) is 6.68. The lowest BCUT2D eigenvalue weighted by Gasteiger charge is -2.36. The molecule has 1 aliphatic rings. The molecule has 0 spiro atoms. The number of benzene rings is 1. The van der Waals surface area contributed by atoms with Crippen LogP contribution in [0.15, 0.2) is 18.2 Å². The van der Waals surface area contributed by atoms with Gasteiger partial charge in [-0.1, -0.05) is 0 Å². The Hall–Kier alpha value is -1.10. The minimum absolute atomic E-state index is 0. The van der Waals surface area contributed by atoms with Crippen molar-refractivity contribution in [2.45, 2.75) is 18.6 Å². The highest BCUT2D eigenvalue weighted by atomic mass is 35.5. The fraction of sp³-hybridized carbons (Fsp3) is 0.538. The van der Waals surface area contributed by atoms with Gasteiger partial charge >= 0.3 is 12.5 Å². The largest absolute Gasteiger partial charge is 0.573 e. The van der Waals surface area contributed by atoms with Crippen LogP contribution in [0.4, 0.5) is 26.3 Å². The summed E-state index contributed by atoms with van der Waals surface area (Å²) in [6, 6.07) is -0.112. The Balaban J connectivity index is 0.00000288. The number of halogens is 8. The summed E-state index contributed by atoms with van der Waals surface area (Å²) < 4.78 is 80.6. The van der Waals surface area contributed by atoms with Gasteiger partial charge in [-0.25, -0.2) is 0 Å². The Morgan fingerprint density at radius 2 is 1.60 bits per heavy atom. The van der Waals surface area contributed by atoms with Gasteiger partial charge in [0.15, 0.2) is 0 Å². The van der Waals surface area contributed by atoms with Crippen molar-refractivity contribution >= 4 is 24.8 Å². The van der Waals surface area contributed by atoms with Crippen molar-refractivity contribution in [3.8, 4) is 11.5 Å². The van der Waals surface area contributed by atoms with Crippen LogP contribution in [0.3, 0.4) is 0 Å². The molecule has 1 saturated heterocycles. The third-order valence-electron chi connectivity index (χ3n) is 3.35. The molecule has 0 amide bonds. The Labute approximate surface area is 151 Å². The highest BCUT2D eigenvalue weighted by molar-refractivity contribution is 5.85. The fourth-order valence-electron chi connectivity index (χ4n) is 2.47. The van der Waals surface area contributed by atoms with E-state index < -0.39 is 35.6 Å². The first-order chi connectivity index (χ1) is 10.6. The molecule has 146 valence electrons. The molecule has 0 unspecified atom stereocenters. The van der Waals surface area contributed by atoms with Crippen molar-refractivity contribution in [2.24, 2.45) is 0 Å². The molecule has 0 aliphatic carbocycles. The molecule has 2 N–H and O–H groups in total. The van der Waals surface area contributed by atoms with Crippen LogP contribution < -0.4 is 10.1 Å². The van der Waals surface area contributed by atoms with Crippen molar-refractivity contribution in [1.82, 2.24) is 10.2 Å². The van der Waals surface area contributed by atoms with E-state index in [0.29, 0.717) is 19.2 Å².